The number of hydrogen-bond acceptors (Lipinski definition) is 9. The Labute approximate surface area is 225 Å². The Morgan fingerprint density at radius 2 is 1.41 bits per heavy atom. The molecule has 0 unspecified atom stereocenters. The highest BCUT2D eigenvalue weighted by Gasteiger charge is 2.18. The molecule has 202 valence electrons. The van der Waals surface area contributed by atoms with Gasteiger partial charge in [-0.05, 0) is 80.4 Å². The van der Waals surface area contributed by atoms with Gasteiger partial charge in [0.25, 0.3) is 0 Å². The van der Waals surface area contributed by atoms with E-state index in [9.17, 15) is 18.0 Å². The molecule has 0 saturated carbocycles. The SMILES string of the molecule is CC(C)(C)OC(=O)c1ccc(-c2ccc(NC(=O)n3nc(Nc4ccc(S(N)(=O)=O)cc4)nc3N)cc2)cc1. The summed E-state index contributed by atoms with van der Waals surface area (Å²) in [7, 11) is -3.82. The number of rotatable bonds is 6. The molecule has 4 rings (SSSR count). The molecular formula is C26H27N7O5S. The molecule has 13 heteroatoms. The third-order valence-corrected chi connectivity index (χ3v) is 6.18. The summed E-state index contributed by atoms with van der Waals surface area (Å²) in [6, 6.07) is 19.1. The lowest BCUT2D eigenvalue weighted by atomic mass is 10.0. The van der Waals surface area contributed by atoms with Gasteiger partial charge in [0, 0.05) is 11.4 Å². The minimum absolute atomic E-state index is 0.0381. The van der Waals surface area contributed by atoms with Crippen molar-refractivity contribution in [3.63, 3.8) is 0 Å². The number of anilines is 4. The van der Waals surface area contributed by atoms with Crippen LogP contribution in [0.25, 0.3) is 11.1 Å². The summed E-state index contributed by atoms with van der Waals surface area (Å²) in [4.78, 5) is 28.9. The summed E-state index contributed by atoms with van der Waals surface area (Å²) in [6.07, 6.45) is 0. The molecule has 1 aromatic heterocycles. The fourth-order valence-electron chi connectivity index (χ4n) is 3.44. The fraction of sp³-hybridized carbons (Fsp3) is 0.154. The molecule has 1 amide bonds. The van der Waals surface area contributed by atoms with Gasteiger partial charge in [-0.25, -0.2) is 23.1 Å². The first-order valence-electron chi connectivity index (χ1n) is 11.7. The van der Waals surface area contributed by atoms with Gasteiger partial charge >= 0.3 is 12.0 Å². The lowest BCUT2D eigenvalue weighted by molar-refractivity contribution is 0.00694. The van der Waals surface area contributed by atoms with Gasteiger partial charge in [0.2, 0.25) is 21.9 Å². The lowest BCUT2D eigenvalue weighted by Gasteiger charge is -2.19. The van der Waals surface area contributed by atoms with Crippen molar-refractivity contribution in [3.05, 3.63) is 78.4 Å². The minimum Gasteiger partial charge on any atom is -0.456 e. The molecular weight excluding hydrogens is 522 g/mol. The van der Waals surface area contributed by atoms with Gasteiger partial charge in [-0.15, -0.1) is 9.78 Å². The predicted molar refractivity (Wildman–Crippen MR) is 147 cm³/mol. The van der Waals surface area contributed by atoms with Gasteiger partial charge < -0.3 is 21.1 Å². The van der Waals surface area contributed by atoms with Gasteiger partial charge in [-0.2, -0.15) is 4.98 Å². The quantitative estimate of drug-likeness (QED) is 0.258. The second kappa shape index (κ2) is 10.6. The molecule has 0 aliphatic heterocycles. The first-order valence-corrected chi connectivity index (χ1v) is 13.2. The van der Waals surface area contributed by atoms with Crippen molar-refractivity contribution in [1.29, 1.82) is 0 Å². The number of sulfonamides is 1. The van der Waals surface area contributed by atoms with Crippen molar-refractivity contribution in [2.45, 2.75) is 31.3 Å². The van der Waals surface area contributed by atoms with Crippen LogP contribution in [0.3, 0.4) is 0 Å². The monoisotopic (exact) mass is 549 g/mol. The van der Waals surface area contributed by atoms with Crippen LogP contribution in [0.1, 0.15) is 31.1 Å². The number of esters is 1. The number of nitrogen functional groups attached to an aromatic ring is 1. The Hall–Kier alpha value is -4.75. The van der Waals surface area contributed by atoms with Gasteiger partial charge in [0.15, 0.2) is 0 Å². The van der Waals surface area contributed by atoms with E-state index in [1.807, 2.05) is 45.0 Å². The van der Waals surface area contributed by atoms with Crippen molar-refractivity contribution >= 4 is 45.3 Å². The zero-order valence-electron chi connectivity index (χ0n) is 21.4. The van der Waals surface area contributed by atoms with Crippen LogP contribution < -0.4 is 21.5 Å². The zero-order valence-corrected chi connectivity index (χ0v) is 22.2. The van der Waals surface area contributed by atoms with E-state index in [4.69, 9.17) is 15.6 Å². The Balaban J connectivity index is 1.40. The molecule has 0 saturated heterocycles. The van der Waals surface area contributed by atoms with Gasteiger partial charge in [-0.1, -0.05) is 24.3 Å². The predicted octanol–water partition coefficient (Wildman–Crippen LogP) is 3.95. The smallest absolute Gasteiger partial charge is 0.349 e. The molecule has 6 N–H and O–H groups in total. The molecule has 0 aliphatic rings. The lowest BCUT2D eigenvalue weighted by Crippen LogP contribution is -2.23. The summed E-state index contributed by atoms with van der Waals surface area (Å²) in [5, 5.41) is 14.7. The summed E-state index contributed by atoms with van der Waals surface area (Å²) < 4.78 is 29.1. The van der Waals surface area contributed by atoms with Crippen molar-refractivity contribution in [2.75, 3.05) is 16.4 Å². The van der Waals surface area contributed by atoms with Crippen LogP contribution >= 0.6 is 0 Å². The third kappa shape index (κ3) is 6.97. The molecule has 0 atom stereocenters. The number of primary sulfonamides is 1. The van der Waals surface area contributed by atoms with E-state index in [1.165, 1.54) is 24.3 Å². The summed E-state index contributed by atoms with van der Waals surface area (Å²) in [5.41, 5.74) is 8.47. The number of carbonyl (C=O) groups excluding carboxylic acids is 2. The molecule has 0 fully saturated rings. The molecule has 0 aliphatic carbocycles. The van der Waals surface area contributed by atoms with Crippen molar-refractivity contribution in [3.8, 4) is 11.1 Å². The van der Waals surface area contributed by atoms with Crippen LogP contribution in [-0.2, 0) is 14.8 Å². The normalized spacial score (nSPS) is 11.6. The van der Waals surface area contributed by atoms with Gasteiger partial charge in [0.05, 0.1) is 10.5 Å². The standard InChI is InChI=1S/C26H27N7O5S/c1-26(2,3)38-22(34)18-6-4-16(5-7-18)17-8-10-20(11-9-17)30-25(35)33-23(27)31-24(32-33)29-19-12-14-21(15-13-19)39(28,36)37/h4-15H,1-3H3,(H,30,35)(H2,28,36,37)(H3,27,29,31,32). The molecule has 12 nitrogen and oxygen atoms in total. The van der Waals surface area contributed by atoms with Gasteiger partial charge in [-0.3, -0.25) is 0 Å². The second-order valence-corrected chi connectivity index (χ2v) is 11.0. The minimum atomic E-state index is -3.82. The van der Waals surface area contributed by atoms with E-state index in [2.05, 4.69) is 20.7 Å². The average molecular weight is 550 g/mol. The number of carbonyl (C=O) groups is 2. The van der Waals surface area contributed by atoms with E-state index in [0.717, 1.165) is 15.8 Å². The number of hydrogen-bond donors (Lipinski definition) is 4. The highest BCUT2D eigenvalue weighted by Crippen LogP contribution is 2.23. The fourth-order valence-corrected chi connectivity index (χ4v) is 3.96. The van der Waals surface area contributed by atoms with Crippen molar-refractivity contribution < 1.29 is 22.7 Å². The van der Waals surface area contributed by atoms with Crippen LogP contribution in [0, 0.1) is 0 Å². The number of amides is 1. The van der Waals surface area contributed by atoms with E-state index >= 15 is 0 Å². The molecule has 39 heavy (non-hydrogen) atoms. The van der Waals surface area contributed by atoms with Crippen LogP contribution in [0.2, 0.25) is 0 Å². The van der Waals surface area contributed by atoms with Crippen molar-refractivity contribution in [2.24, 2.45) is 5.14 Å². The maximum Gasteiger partial charge on any atom is 0.349 e. The number of benzene rings is 3. The molecule has 1 heterocycles. The zero-order chi connectivity index (χ0) is 28.4. The number of nitrogens with one attached hydrogen (secondary N) is 2. The maximum atomic E-state index is 12.7. The number of aromatic nitrogens is 3. The molecule has 3 aromatic carbocycles. The Bertz CT molecular complexity index is 1610. The Kier molecular flexibility index (Phi) is 7.38. The summed E-state index contributed by atoms with van der Waals surface area (Å²) >= 11 is 0. The molecule has 0 radical (unpaired) electrons. The van der Waals surface area contributed by atoms with Gasteiger partial charge in [0.1, 0.15) is 5.60 Å². The summed E-state index contributed by atoms with van der Waals surface area (Å²) in [5.74, 6) is -0.508. The summed E-state index contributed by atoms with van der Waals surface area (Å²) in [6.45, 7) is 5.44. The molecule has 0 bridgehead atoms. The first kappa shape index (κ1) is 27.3. The number of nitrogens with zero attached hydrogens (tertiary/aromatic N) is 3. The largest absolute Gasteiger partial charge is 0.456 e. The topological polar surface area (TPSA) is 184 Å². The van der Waals surface area contributed by atoms with Crippen LogP contribution in [0.4, 0.5) is 28.1 Å². The number of ether oxygens (including phenoxy) is 1. The first-order chi connectivity index (χ1) is 18.3. The highest BCUT2D eigenvalue weighted by molar-refractivity contribution is 7.89. The van der Waals surface area contributed by atoms with E-state index < -0.39 is 27.6 Å². The van der Waals surface area contributed by atoms with Crippen molar-refractivity contribution in [1.82, 2.24) is 14.8 Å². The van der Waals surface area contributed by atoms with E-state index in [1.54, 1.807) is 24.3 Å². The Morgan fingerprint density at radius 1 is 0.872 bits per heavy atom. The maximum absolute atomic E-state index is 12.7. The highest BCUT2D eigenvalue weighted by atomic mass is 32.2. The van der Waals surface area contributed by atoms with E-state index in [-0.39, 0.29) is 16.8 Å². The van der Waals surface area contributed by atoms with Crippen LogP contribution in [0.5, 0.6) is 0 Å². The second-order valence-electron chi connectivity index (χ2n) is 9.49. The third-order valence-electron chi connectivity index (χ3n) is 5.25. The molecule has 0 spiro atoms. The average Bonchev–Trinajstić information content (AvgIpc) is 3.23. The number of nitrogens with two attached hydrogens (primary N) is 2. The van der Waals surface area contributed by atoms with Crippen LogP contribution in [0.15, 0.2) is 77.7 Å². The molecule has 4 aromatic rings. The Morgan fingerprint density at radius 3 is 1.95 bits per heavy atom. The van der Waals surface area contributed by atoms with Crippen LogP contribution in [-0.4, -0.2) is 40.8 Å². The van der Waals surface area contributed by atoms with E-state index in [0.29, 0.717) is 16.9 Å².